The Bertz CT molecular complexity index is 1370. The van der Waals surface area contributed by atoms with E-state index in [9.17, 15) is 14.4 Å². The summed E-state index contributed by atoms with van der Waals surface area (Å²) in [5, 5.41) is 4.86. The Morgan fingerprint density at radius 2 is 1.41 bits per heavy atom. The molecule has 0 fully saturated rings. The van der Waals surface area contributed by atoms with E-state index in [4.69, 9.17) is 4.74 Å². The second-order valence-corrected chi connectivity index (χ2v) is 7.75. The molecule has 32 heavy (non-hydrogen) atoms. The van der Waals surface area contributed by atoms with E-state index >= 15 is 0 Å². The van der Waals surface area contributed by atoms with Crippen molar-refractivity contribution in [3.8, 4) is 0 Å². The van der Waals surface area contributed by atoms with Crippen LogP contribution in [0.2, 0.25) is 0 Å². The molecule has 3 aromatic carbocycles. The third-order valence-electron chi connectivity index (χ3n) is 5.33. The molecule has 0 spiro atoms. The van der Waals surface area contributed by atoms with E-state index in [1.165, 1.54) is 7.05 Å². The number of carbonyl (C=O) groups excluding carboxylic acids is 2. The van der Waals surface area contributed by atoms with E-state index < -0.39 is 12.1 Å². The number of rotatable bonds is 5. The van der Waals surface area contributed by atoms with Crippen LogP contribution in [0.25, 0.3) is 10.8 Å². The highest BCUT2D eigenvalue weighted by Gasteiger charge is 2.28. The van der Waals surface area contributed by atoms with Crippen LogP contribution < -0.4 is 5.56 Å². The van der Waals surface area contributed by atoms with Gasteiger partial charge < -0.3 is 4.74 Å². The molecule has 0 N–H and O–H groups in total. The molecule has 160 valence electrons. The molecular formula is C26H22N2O4. The molecule has 1 heterocycles. The van der Waals surface area contributed by atoms with E-state index in [-0.39, 0.29) is 17.0 Å². The zero-order valence-electron chi connectivity index (χ0n) is 18.0. The minimum Gasteiger partial charge on any atom is -0.444 e. The number of fused-ring (bicyclic) bond motifs is 1. The number of nitrogens with zero attached hydrogens (tertiary/aromatic N) is 2. The first-order valence-corrected chi connectivity index (χ1v) is 10.2. The number of Topliss-reactive ketones (excluding diaryl/α,β-unsaturated/α-hetero) is 1. The lowest BCUT2D eigenvalue weighted by Gasteiger charge is -2.18. The number of hydrogen-bond acceptors (Lipinski definition) is 5. The Morgan fingerprint density at radius 1 is 0.844 bits per heavy atom. The molecule has 0 saturated heterocycles. The maximum atomic E-state index is 13.3. The molecule has 6 nitrogen and oxygen atoms in total. The normalized spacial score (nSPS) is 11.8. The van der Waals surface area contributed by atoms with E-state index in [1.807, 2.05) is 38.1 Å². The molecule has 0 aliphatic heterocycles. The molecule has 6 heteroatoms. The summed E-state index contributed by atoms with van der Waals surface area (Å²) >= 11 is 0. The van der Waals surface area contributed by atoms with Crippen LogP contribution in [0.4, 0.5) is 0 Å². The monoisotopic (exact) mass is 426 g/mol. The number of aromatic nitrogens is 2. The fraction of sp³-hybridized carbons (Fsp3) is 0.154. The molecule has 0 radical (unpaired) electrons. The van der Waals surface area contributed by atoms with Gasteiger partial charge in [-0.1, -0.05) is 77.9 Å². The van der Waals surface area contributed by atoms with Crippen LogP contribution in [0, 0.1) is 13.8 Å². The van der Waals surface area contributed by atoms with Gasteiger partial charge in [0.1, 0.15) is 0 Å². The Morgan fingerprint density at radius 3 is 2.03 bits per heavy atom. The van der Waals surface area contributed by atoms with Crippen LogP contribution in [0.5, 0.6) is 0 Å². The number of hydrogen-bond donors (Lipinski definition) is 0. The van der Waals surface area contributed by atoms with Crippen LogP contribution >= 0.6 is 0 Å². The lowest BCUT2D eigenvalue weighted by molar-refractivity contribution is 0.0274. The minimum atomic E-state index is -1.15. The minimum absolute atomic E-state index is 0.0171. The van der Waals surface area contributed by atoms with Crippen molar-refractivity contribution in [2.24, 2.45) is 7.05 Å². The Labute approximate surface area is 185 Å². The quantitative estimate of drug-likeness (QED) is 0.351. The largest absolute Gasteiger partial charge is 0.444 e. The van der Waals surface area contributed by atoms with E-state index in [1.54, 1.807) is 48.5 Å². The van der Waals surface area contributed by atoms with Gasteiger partial charge in [-0.15, -0.1) is 0 Å². The number of benzene rings is 3. The fourth-order valence-corrected chi connectivity index (χ4v) is 3.50. The number of ether oxygens (including phenoxy) is 1. The van der Waals surface area contributed by atoms with Gasteiger partial charge in [-0.05, 0) is 19.9 Å². The first kappa shape index (κ1) is 21.2. The van der Waals surface area contributed by atoms with Crippen molar-refractivity contribution in [1.82, 2.24) is 9.78 Å². The van der Waals surface area contributed by atoms with Crippen molar-refractivity contribution in [2.45, 2.75) is 20.0 Å². The number of aryl methyl sites for hydroxylation is 3. The predicted molar refractivity (Wildman–Crippen MR) is 122 cm³/mol. The Hall–Kier alpha value is -4.06. The average molecular weight is 426 g/mol. The lowest BCUT2D eigenvalue weighted by atomic mass is 9.98. The highest BCUT2D eigenvalue weighted by atomic mass is 16.5. The second-order valence-electron chi connectivity index (χ2n) is 7.75. The Balaban J connectivity index is 1.77. The molecule has 1 aromatic heterocycles. The van der Waals surface area contributed by atoms with Crippen molar-refractivity contribution in [3.63, 3.8) is 0 Å². The molecule has 0 amide bonds. The summed E-state index contributed by atoms with van der Waals surface area (Å²) in [6.45, 7) is 3.87. The molecule has 0 aliphatic carbocycles. The van der Waals surface area contributed by atoms with Crippen molar-refractivity contribution < 1.29 is 14.3 Å². The summed E-state index contributed by atoms with van der Waals surface area (Å²) in [6.07, 6.45) is -1.15. The molecule has 4 aromatic rings. The summed E-state index contributed by atoms with van der Waals surface area (Å²) in [6, 6.07) is 21.1. The van der Waals surface area contributed by atoms with Crippen molar-refractivity contribution in [1.29, 1.82) is 0 Å². The zero-order valence-corrected chi connectivity index (χ0v) is 18.0. The van der Waals surface area contributed by atoms with Gasteiger partial charge in [-0.2, -0.15) is 5.10 Å². The Kier molecular flexibility index (Phi) is 5.69. The highest BCUT2D eigenvalue weighted by molar-refractivity contribution is 6.05. The van der Waals surface area contributed by atoms with Crippen LogP contribution in [-0.4, -0.2) is 21.5 Å². The average Bonchev–Trinajstić information content (AvgIpc) is 2.80. The van der Waals surface area contributed by atoms with Crippen LogP contribution in [0.15, 0.2) is 77.6 Å². The van der Waals surface area contributed by atoms with Crippen molar-refractivity contribution in [3.05, 3.63) is 111 Å². The summed E-state index contributed by atoms with van der Waals surface area (Å²) < 4.78 is 6.84. The van der Waals surface area contributed by atoms with Gasteiger partial charge in [-0.3, -0.25) is 9.59 Å². The lowest BCUT2D eigenvalue weighted by Crippen LogP contribution is -2.26. The molecule has 0 bridgehead atoms. The summed E-state index contributed by atoms with van der Waals surface area (Å²) in [7, 11) is 1.47. The first-order chi connectivity index (χ1) is 15.3. The smallest absolute Gasteiger partial charge is 0.360 e. The van der Waals surface area contributed by atoms with Crippen LogP contribution in [-0.2, 0) is 11.8 Å². The number of ketones is 1. The summed E-state index contributed by atoms with van der Waals surface area (Å²) in [5.74, 6) is -1.11. The van der Waals surface area contributed by atoms with Crippen molar-refractivity contribution >= 4 is 22.5 Å². The fourth-order valence-electron chi connectivity index (χ4n) is 3.50. The number of carbonyl (C=O) groups is 2. The zero-order chi connectivity index (χ0) is 22.8. The maximum absolute atomic E-state index is 13.3. The van der Waals surface area contributed by atoms with Gasteiger partial charge in [0.15, 0.2) is 11.8 Å². The molecular weight excluding hydrogens is 404 g/mol. The molecule has 1 atom stereocenters. The van der Waals surface area contributed by atoms with Gasteiger partial charge in [0.2, 0.25) is 5.78 Å². The van der Waals surface area contributed by atoms with Gasteiger partial charge in [0.25, 0.3) is 5.56 Å². The van der Waals surface area contributed by atoms with E-state index in [2.05, 4.69) is 5.10 Å². The van der Waals surface area contributed by atoms with Gasteiger partial charge in [-0.25, -0.2) is 9.48 Å². The molecule has 0 aliphatic rings. The topological polar surface area (TPSA) is 78.3 Å². The van der Waals surface area contributed by atoms with Crippen molar-refractivity contribution in [2.75, 3.05) is 0 Å². The molecule has 1 unspecified atom stereocenters. The SMILES string of the molecule is Cc1ccc(C(=O)C(OC(=O)c2nn(C)c(=O)c3ccccc23)c2ccc(C)cc2)cc1. The second kappa shape index (κ2) is 8.59. The van der Waals surface area contributed by atoms with Crippen LogP contribution in [0.3, 0.4) is 0 Å². The standard InChI is InChI=1S/C26H22N2O4/c1-16-8-12-18(13-9-16)23(29)24(19-14-10-17(2)11-15-19)32-26(31)22-20-6-4-5-7-21(20)25(30)28(3)27-22/h4-15,24H,1-3H3. The predicted octanol–water partition coefficient (Wildman–Crippen LogP) is 4.33. The van der Waals surface area contributed by atoms with E-state index in [0.29, 0.717) is 21.9 Å². The molecule has 0 saturated carbocycles. The maximum Gasteiger partial charge on any atom is 0.360 e. The van der Waals surface area contributed by atoms with Gasteiger partial charge in [0, 0.05) is 23.6 Å². The summed E-state index contributed by atoms with van der Waals surface area (Å²) in [4.78, 5) is 38.9. The van der Waals surface area contributed by atoms with Crippen LogP contribution in [0.1, 0.15) is 43.6 Å². The van der Waals surface area contributed by atoms with Gasteiger partial charge in [0.05, 0.1) is 5.39 Å². The molecule has 4 rings (SSSR count). The third-order valence-corrected chi connectivity index (χ3v) is 5.33. The third kappa shape index (κ3) is 4.07. The highest BCUT2D eigenvalue weighted by Crippen LogP contribution is 2.26. The van der Waals surface area contributed by atoms with Gasteiger partial charge >= 0.3 is 5.97 Å². The number of esters is 1. The summed E-state index contributed by atoms with van der Waals surface area (Å²) in [5.41, 5.74) is 2.70. The first-order valence-electron chi connectivity index (χ1n) is 10.2. The van der Waals surface area contributed by atoms with E-state index in [0.717, 1.165) is 15.8 Å².